The van der Waals surface area contributed by atoms with Gasteiger partial charge in [-0.05, 0) is 56.5 Å². The third-order valence-electron chi connectivity index (χ3n) is 5.35. The number of amides is 2. The Morgan fingerprint density at radius 3 is 2.23 bits per heavy atom. The van der Waals surface area contributed by atoms with Gasteiger partial charge in [0, 0.05) is 44.8 Å². The van der Waals surface area contributed by atoms with Crippen LogP contribution in [0.25, 0.3) is 0 Å². The summed E-state index contributed by atoms with van der Waals surface area (Å²) in [7, 11) is 0. The second-order valence-corrected chi connectivity index (χ2v) is 9.05. The van der Waals surface area contributed by atoms with Gasteiger partial charge in [-0.25, -0.2) is 4.79 Å². The van der Waals surface area contributed by atoms with Crippen LogP contribution in [0.1, 0.15) is 47.8 Å². The molecule has 0 unspecified atom stereocenters. The molecular formula is C25H33N3O3. The average molecular weight is 424 g/mol. The van der Waals surface area contributed by atoms with E-state index in [2.05, 4.69) is 41.4 Å². The van der Waals surface area contributed by atoms with Crippen LogP contribution in [0.3, 0.4) is 0 Å². The number of nitrogens with zero attached hydrogens (tertiary/aromatic N) is 2. The first-order valence-electron chi connectivity index (χ1n) is 10.8. The number of ether oxygens (including phenoxy) is 1. The molecule has 166 valence electrons. The number of carbonyl (C=O) groups excluding carboxylic acids is 2. The highest BCUT2D eigenvalue weighted by atomic mass is 16.6. The van der Waals surface area contributed by atoms with E-state index in [-0.39, 0.29) is 5.91 Å². The predicted octanol–water partition coefficient (Wildman–Crippen LogP) is 3.98. The number of nitrogens with one attached hydrogen (secondary N) is 1. The van der Waals surface area contributed by atoms with Crippen molar-refractivity contribution < 1.29 is 14.3 Å². The number of hydrogen-bond acceptors (Lipinski definition) is 4. The Bertz CT molecular complexity index is 895. The van der Waals surface area contributed by atoms with Crippen molar-refractivity contribution in [3.8, 4) is 0 Å². The zero-order valence-electron chi connectivity index (χ0n) is 19.0. The van der Waals surface area contributed by atoms with Gasteiger partial charge in [-0.3, -0.25) is 9.69 Å². The van der Waals surface area contributed by atoms with Crippen LogP contribution in [-0.2, 0) is 17.8 Å². The first-order chi connectivity index (χ1) is 14.7. The minimum absolute atomic E-state index is 0.0576. The Morgan fingerprint density at radius 2 is 1.61 bits per heavy atom. The van der Waals surface area contributed by atoms with Crippen LogP contribution < -0.4 is 5.32 Å². The number of piperazine rings is 1. The average Bonchev–Trinajstić information content (AvgIpc) is 2.73. The van der Waals surface area contributed by atoms with Crippen LogP contribution in [-0.4, -0.2) is 53.6 Å². The quantitative estimate of drug-likeness (QED) is 0.790. The van der Waals surface area contributed by atoms with Crippen LogP contribution >= 0.6 is 0 Å². The number of benzene rings is 2. The van der Waals surface area contributed by atoms with Crippen molar-refractivity contribution in [2.24, 2.45) is 0 Å². The van der Waals surface area contributed by atoms with Crippen molar-refractivity contribution >= 4 is 12.0 Å². The summed E-state index contributed by atoms with van der Waals surface area (Å²) in [5, 5.41) is 2.73. The highest BCUT2D eigenvalue weighted by Crippen LogP contribution is 2.15. The first-order valence-corrected chi connectivity index (χ1v) is 10.8. The van der Waals surface area contributed by atoms with Gasteiger partial charge in [0.2, 0.25) is 0 Å². The van der Waals surface area contributed by atoms with E-state index in [0.29, 0.717) is 12.1 Å². The zero-order valence-corrected chi connectivity index (χ0v) is 19.0. The molecule has 0 bridgehead atoms. The Balaban J connectivity index is 1.47. The monoisotopic (exact) mass is 423 g/mol. The molecule has 0 aromatic heterocycles. The van der Waals surface area contributed by atoms with E-state index in [0.717, 1.165) is 38.3 Å². The zero-order chi connectivity index (χ0) is 22.4. The lowest BCUT2D eigenvalue weighted by atomic mass is 10.1. The molecule has 6 nitrogen and oxygen atoms in total. The number of carbonyl (C=O) groups is 2. The van der Waals surface area contributed by atoms with Gasteiger partial charge in [-0.1, -0.05) is 36.4 Å². The summed E-state index contributed by atoms with van der Waals surface area (Å²) in [4.78, 5) is 29.0. The second kappa shape index (κ2) is 9.96. The number of aryl methyl sites for hydroxylation is 1. The summed E-state index contributed by atoms with van der Waals surface area (Å²) in [5.41, 5.74) is 3.73. The molecule has 1 aliphatic heterocycles. The SMILES string of the molecule is Cc1ccccc1CN1CCN(C(=O)c2ccc(CNC(=O)OC(C)(C)C)cc2)CC1. The molecule has 2 aromatic rings. The van der Waals surface area contributed by atoms with Crippen molar-refractivity contribution in [3.63, 3.8) is 0 Å². The van der Waals surface area contributed by atoms with Crippen LogP contribution in [0.2, 0.25) is 0 Å². The maximum absolute atomic E-state index is 12.9. The van der Waals surface area contributed by atoms with Crippen molar-refractivity contribution in [2.75, 3.05) is 26.2 Å². The molecule has 1 saturated heterocycles. The number of hydrogen-bond donors (Lipinski definition) is 1. The molecule has 0 saturated carbocycles. The Morgan fingerprint density at radius 1 is 0.968 bits per heavy atom. The van der Waals surface area contributed by atoms with Gasteiger partial charge in [0.05, 0.1) is 0 Å². The van der Waals surface area contributed by atoms with E-state index in [4.69, 9.17) is 4.74 Å². The lowest BCUT2D eigenvalue weighted by Crippen LogP contribution is -2.48. The molecule has 3 rings (SSSR count). The fraction of sp³-hybridized carbons (Fsp3) is 0.440. The molecule has 0 spiro atoms. The molecule has 2 aromatic carbocycles. The predicted molar refractivity (Wildman–Crippen MR) is 122 cm³/mol. The highest BCUT2D eigenvalue weighted by Gasteiger charge is 2.22. The van der Waals surface area contributed by atoms with Gasteiger partial charge in [-0.15, -0.1) is 0 Å². The van der Waals surface area contributed by atoms with Gasteiger partial charge >= 0.3 is 6.09 Å². The van der Waals surface area contributed by atoms with Crippen molar-refractivity contribution in [1.82, 2.24) is 15.1 Å². The molecule has 1 aliphatic rings. The largest absolute Gasteiger partial charge is 0.444 e. The van der Waals surface area contributed by atoms with E-state index in [1.165, 1.54) is 11.1 Å². The lowest BCUT2D eigenvalue weighted by molar-refractivity contribution is 0.0522. The second-order valence-electron chi connectivity index (χ2n) is 9.05. The first kappa shape index (κ1) is 22.8. The fourth-order valence-electron chi connectivity index (χ4n) is 3.57. The Labute approximate surface area is 185 Å². The van der Waals surface area contributed by atoms with Crippen LogP contribution in [0.4, 0.5) is 4.79 Å². The molecule has 31 heavy (non-hydrogen) atoms. The number of rotatable bonds is 5. The number of alkyl carbamates (subject to hydrolysis) is 1. The van der Waals surface area contributed by atoms with Crippen LogP contribution in [0.5, 0.6) is 0 Å². The van der Waals surface area contributed by atoms with Gasteiger partial charge in [-0.2, -0.15) is 0 Å². The minimum atomic E-state index is -0.524. The molecule has 0 radical (unpaired) electrons. The van der Waals surface area contributed by atoms with E-state index < -0.39 is 11.7 Å². The summed E-state index contributed by atoms with van der Waals surface area (Å²) in [6.07, 6.45) is -0.448. The topological polar surface area (TPSA) is 61.9 Å². The third-order valence-corrected chi connectivity index (χ3v) is 5.35. The van der Waals surface area contributed by atoms with Gasteiger partial charge in [0.1, 0.15) is 5.60 Å². The molecule has 0 atom stereocenters. The molecular weight excluding hydrogens is 390 g/mol. The summed E-state index contributed by atoms with van der Waals surface area (Å²) >= 11 is 0. The summed E-state index contributed by atoms with van der Waals surface area (Å²) in [6, 6.07) is 15.9. The van der Waals surface area contributed by atoms with E-state index in [1.807, 2.05) is 49.9 Å². The maximum atomic E-state index is 12.9. The molecule has 1 fully saturated rings. The lowest BCUT2D eigenvalue weighted by Gasteiger charge is -2.35. The van der Waals surface area contributed by atoms with E-state index in [9.17, 15) is 9.59 Å². The van der Waals surface area contributed by atoms with Crippen molar-refractivity contribution in [3.05, 3.63) is 70.8 Å². The molecule has 6 heteroatoms. The smallest absolute Gasteiger partial charge is 0.407 e. The van der Waals surface area contributed by atoms with E-state index in [1.54, 1.807) is 0 Å². The summed E-state index contributed by atoms with van der Waals surface area (Å²) in [6.45, 7) is 12.1. The molecule has 0 aliphatic carbocycles. The molecule has 1 N–H and O–H groups in total. The third kappa shape index (κ3) is 6.82. The van der Waals surface area contributed by atoms with Crippen LogP contribution in [0, 0.1) is 6.92 Å². The maximum Gasteiger partial charge on any atom is 0.407 e. The normalized spacial score (nSPS) is 14.9. The highest BCUT2D eigenvalue weighted by molar-refractivity contribution is 5.94. The van der Waals surface area contributed by atoms with Crippen LogP contribution in [0.15, 0.2) is 48.5 Å². The Kier molecular flexibility index (Phi) is 7.33. The molecule has 1 heterocycles. The van der Waals surface area contributed by atoms with Gasteiger partial charge in [0.15, 0.2) is 0 Å². The fourth-order valence-corrected chi connectivity index (χ4v) is 3.57. The van der Waals surface area contributed by atoms with Gasteiger partial charge in [0.25, 0.3) is 5.91 Å². The van der Waals surface area contributed by atoms with Crippen molar-refractivity contribution in [2.45, 2.75) is 46.4 Å². The minimum Gasteiger partial charge on any atom is -0.444 e. The van der Waals surface area contributed by atoms with E-state index >= 15 is 0 Å². The standard InChI is InChI=1S/C25H33N3O3/c1-19-7-5-6-8-22(19)18-27-13-15-28(16-14-27)23(29)21-11-9-20(10-12-21)17-26-24(30)31-25(2,3)4/h5-12H,13-18H2,1-4H3,(H,26,30). The summed E-state index contributed by atoms with van der Waals surface area (Å²) in [5.74, 6) is 0.0576. The van der Waals surface area contributed by atoms with Crippen molar-refractivity contribution in [1.29, 1.82) is 0 Å². The molecule has 2 amide bonds. The summed E-state index contributed by atoms with van der Waals surface area (Å²) < 4.78 is 5.24. The Hall–Kier alpha value is -2.86. The van der Waals surface area contributed by atoms with Gasteiger partial charge < -0.3 is 15.0 Å².